The second kappa shape index (κ2) is 7.43. The van der Waals surface area contributed by atoms with Crippen molar-refractivity contribution < 1.29 is 19.0 Å². The standard InChI is InChI=1S/C15H21NO4/c1-6-20-15(17)12(10-16(2)3)11-7-8-13(18-4)14(9-11)19-5/h7-10H,6H2,1-5H3. The second-order valence-electron chi connectivity index (χ2n) is 4.30. The lowest BCUT2D eigenvalue weighted by Crippen LogP contribution is -2.11. The van der Waals surface area contributed by atoms with E-state index in [2.05, 4.69) is 0 Å². The average Bonchev–Trinajstić information content (AvgIpc) is 2.44. The molecule has 5 nitrogen and oxygen atoms in total. The Hall–Kier alpha value is -2.17. The summed E-state index contributed by atoms with van der Waals surface area (Å²) < 4.78 is 15.5. The molecular weight excluding hydrogens is 258 g/mol. The summed E-state index contributed by atoms with van der Waals surface area (Å²) in [6.07, 6.45) is 1.72. The van der Waals surface area contributed by atoms with Gasteiger partial charge >= 0.3 is 5.97 Å². The number of carbonyl (C=O) groups excluding carboxylic acids is 1. The van der Waals surface area contributed by atoms with E-state index in [-0.39, 0.29) is 5.97 Å². The predicted molar refractivity (Wildman–Crippen MR) is 77.8 cm³/mol. The van der Waals surface area contributed by atoms with Gasteiger partial charge in [0, 0.05) is 20.3 Å². The highest BCUT2D eigenvalue weighted by Gasteiger charge is 2.16. The van der Waals surface area contributed by atoms with Crippen LogP contribution in [-0.4, -0.2) is 45.8 Å². The number of hydrogen-bond acceptors (Lipinski definition) is 5. The van der Waals surface area contributed by atoms with E-state index < -0.39 is 0 Å². The fourth-order valence-corrected chi connectivity index (χ4v) is 1.72. The summed E-state index contributed by atoms with van der Waals surface area (Å²) in [4.78, 5) is 13.8. The topological polar surface area (TPSA) is 48.0 Å². The van der Waals surface area contributed by atoms with Crippen LogP contribution in [0.4, 0.5) is 0 Å². The number of ether oxygens (including phenoxy) is 3. The van der Waals surface area contributed by atoms with Gasteiger partial charge in [0.25, 0.3) is 0 Å². The zero-order chi connectivity index (χ0) is 15.1. The summed E-state index contributed by atoms with van der Waals surface area (Å²) in [5.41, 5.74) is 1.19. The molecule has 110 valence electrons. The smallest absolute Gasteiger partial charge is 0.340 e. The first-order valence-corrected chi connectivity index (χ1v) is 6.31. The van der Waals surface area contributed by atoms with Crippen molar-refractivity contribution in [3.63, 3.8) is 0 Å². The minimum Gasteiger partial charge on any atom is -0.493 e. The molecule has 1 aromatic carbocycles. The number of esters is 1. The lowest BCUT2D eigenvalue weighted by molar-refractivity contribution is -0.136. The van der Waals surface area contributed by atoms with Crippen molar-refractivity contribution in [2.45, 2.75) is 6.92 Å². The fourth-order valence-electron chi connectivity index (χ4n) is 1.72. The maximum atomic E-state index is 12.0. The highest BCUT2D eigenvalue weighted by molar-refractivity contribution is 6.16. The first kappa shape index (κ1) is 15.9. The molecule has 0 bridgehead atoms. The summed E-state index contributed by atoms with van der Waals surface area (Å²) in [6.45, 7) is 2.11. The molecule has 5 heteroatoms. The van der Waals surface area contributed by atoms with E-state index in [1.165, 1.54) is 0 Å². The Morgan fingerprint density at radius 1 is 1.20 bits per heavy atom. The summed E-state index contributed by atoms with van der Waals surface area (Å²) in [7, 11) is 6.82. The van der Waals surface area contributed by atoms with Crippen LogP contribution in [0, 0.1) is 0 Å². The number of hydrogen-bond donors (Lipinski definition) is 0. The molecule has 1 rings (SSSR count). The van der Waals surface area contributed by atoms with Crippen LogP contribution in [0.1, 0.15) is 12.5 Å². The predicted octanol–water partition coefficient (Wildman–Crippen LogP) is 2.17. The molecule has 0 radical (unpaired) electrons. The normalized spacial score (nSPS) is 10.9. The minimum atomic E-state index is -0.367. The maximum Gasteiger partial charge on any atom is 0.340 e. The molecule has 0 amide bonds. The molecule has 0 aliphatic carbocycles. The number of rotatable bonds is 6. The van der Waals surface area contributed by atoms with Crippen molar-refractivity contribution >= 4 is 11.5 Å². The molecule has 0 aliphatic rings. The lowest BCUT2D eigenvalue weighted by atomic mass is 10.1. The van der Waals surface area contributed by atoms with E-state index in [1.54, 1.807) is 50.4 Å². The van der Waals surface area contributed by atoms with Crippen LogP contribution in [0.5, 0.6) is 11.5 Å². The highest BCUT2D eigenvalue weighted by atomic mass is 16.5. The van der Waals surface area contributed by atoms with Gasteiger partial charge in [0.1, 0.15) is 0 Å². The van der Waals surface area contributed by atoms with Gasteiger partial charge in [-0.1, -0.05) is 6.07 Å². The van der Waals surface area contributed by atoms with Gasteiger partial charge in [0.05, 0.1) is 26.4 Å². The fraction of sp³-hybridized carbons (Fsp3) is 0.400. The minimum absolute atomic E-state index is 0.330. The van der Waals surface area contributed by atoms with Gasteiger partial charge in [-0.15, -0.1) is 0 Å². The third kappa shape index (κ3) is 3.91. The molecule has 0 aliphatic heterocycles. The third-order valence-electron chi connectivity index (χ3n) is 2.58. The van der Waals surface area contributed by atoms with Gasteiger partial charge in [0.15, 0.2) is 11.5 Å². The first-order valence-electron chi connectivity index (χ1n) is 6.31. The molecule has 0 spiro atoms. The molecule has 0 saturated carbocycles. The van der Waals surface area contributed by atoms with Crippen molar-refractivity contribution in [2.24, 2.45) is 0 Å². The van der Waals surface area contributed by atoms with Gasteiger partial charge in [-0.05, 0) is 24.6 Å². The Bertz CT molecular complexity index is 495. The van der Waals surface area contributed by atoms with Crippen LogP contribution in [-0.2, 0) is 9.53 Å². The molecule has 0 unspecified atom stereocenters. The van der Waals surface area contributed by atoms with Crippen LogP contribution in [0.3, 0.4) is 0 Å². The Morgan fingerprint density at radius 2 is 1.85 bits per heavy atom. The van der Waals surface area contributed by atoms with Crippen molar-refractivity contribution in [2.75, 3.05) is 34.9 Å². The summed E-state index contributed by atoms with van der Waals surface area (Å²) in [5, 5.41) is 0. The Kier molecular flexibility index (Phi) is 5.90. The Labute approximate surface area is 119 Å². The van der Waals surface area contributed by atoms with Crippen LogP contribution in [0.25, 0.3) is 5.57 Å². The molecule has 0 aromatic heterocycles. The van der Waals surface area contributed by atoms with E-state index in [1.807, 2.05) is 14.1 Å². The van der Waals surface area contributed by atoms with Crippen molar-refractivity contribution in [1.82, 2.24) is 4.90 Å². The van der Waals surface area contributed by atoms with Crippen LogP contribution < -0.4 is 9.47 Å². The summed E-state index contributed by atoms with van der Waals surface area (Å²) >= 11 is 0. The van der Waals surface area contributed by atoms with E-state index in [9.17, 15) is 4.79 Å². The molecule has 0 fully saturated rings. The molecular formula is C15H21NO4. The van der Waals surface area contributed by atoms with Gasteiger partial charge in [-0.25, -0.2) is 4.79 Å². The number of methoxy groups -OCH3 is 2. The Balaban J connectivity index is 3.24. The van der Waals surface area contributed by atoms with Crippen molar-refractivity contribution in [1.29, 1.82) is 0 Å². The van der Waals surface area contributed by atoms with E-state index >= 15 is 0 Å². The number of carbonyl (C=O) groups is 1. The van der Waals surface area contributed by atoms with Gasteiger partial charge in [0.2, 0.25) is 0 Å². The molecule has 20 heavy (non-hydrogen) atoms. The van der Waals surface area contributed by atoms with Crippen LogP contribution in [0.2, 0.25) is 0 Å². The second-order valence-corrected chi connectivity index (χ2v) is 4.30. The lowest BCUT2D eigenvalue weighted by Gasteiger charge is -2.14. The van der Waals surface area contributed by atoms with E-state index in [0.717, 1.165) is 5.56 Å². The zero-order valence-electron chi connectivity index (χ0n) is 12.6. The third-order valence-corrected chi connectivity index (χ3v) is 2.58. The first-order chi connectivity index (χ1) is 9.53. The van der Waals surface area contributed by atoms with Crippen LogP contribution in [0.15, 0.2) is 24.4 Å². The SMILES string of the molecule is CCOC(=O)C(=CN(C)C)c1ccc(OC)c(OC)c1. The molecule has 1 aromatic rings. The van der Waals surface area contributed by atoms with E-state index in [4.69, 9.17) is 14.2 Å². The molecule has 0 atom stereocenters. The number of nitrogens with zero attached hydrogens (tertiary/aromatic N) is 1. The summed E-state index contributed by atoms with van der Waals surface area (Å²) in [6, 6.07) is 5.32. The quantitative estimate of drug-likeness (QED) is 0.590. The highest BCUT2D eigenvalue weighted by Crippen LogP contribution is 2.30. The van der Waals surface area contributed by atoms with Gasteiger partial charge in [-0.3, -0.25) is 0 Å². The average molecular weight is 279 g/mol. The van der Waals surface area contributed by atoms with Gasteiger partial charge in [-0.2, -0.15) is 0 Å². The Morgan fingerprint density at radius 3 is 2.35 bits per heavy atom. The number of benzene rings is 1. The van der Waals surface area contributed by atoms with Gasteiger partial charge < -0.3 is 19.1 Å². The summed E-state index contributed by atoms with van der Waals surface area (Å²) in [5.74, 6) is 0.816. The zero-order valence-corrected chi connectivity index (χ0v) is 12.6. The molecule has 0 N–H and O–H groups in total. The van der Waals surface area contributed by atoms with Crippen molar-refractivity contribution in [3.8, 4) is 11.5 Å². The molecule has 0 saturated heterocycles. The van der Waals surface area contributed by atoms with E-state index in [0.29, 0.717) is 23.7 Å². The van der Waals surface area contributed by atoms with Crippen LogP contribution >= 0.6 is 0 Å². The maximum absolute atomic E-state index is 12.0. The molecule has 0 heterocycles. The largest absolute Gasteiger partial charge is 0.493 e. The van der Waals surface area contributed by atoms with Crippen molar-refractivity contribution in [3.05, 3.63) is 30.0 Å². The monoisotopic (exact) mass is 279 g/mol.